The molecule has 0 amide bonds. The van der Waals surface area contributed by atoms with Crippen LogP contribution in [0.3, 0.4) is 0 Å². The molecule has 10 aliphatic rings. The molecule has 190 valence electrons. The highest BCUT2D eigenvalue weighted by Gasteiger charge is 2.49. The summed E-state index contributed by atoms with van der Waals surface area (Å²) in [6, 6.07) is 0. The van der Waals surface area contributed by atoms with Gasteiger partial charge in [0.15, 0.2) is 0 Å². The molecule has 10 fully saturated rings. The van der Waals surface area contributed by atoms with Crippen molar-refractivity contribution in [3.8, 4) is 0 Å². The van der Waals surface area contributed by atoms with Crippen LogP contribution in [0, 0.1) is 70.0 Å². The van der Waals surface area contributed by atoms with E-state index in [2.05, 4.69) is 41.5 Å². The van der Waals surface area contributed by atoms with E-state index >= 15 is 0 Å². The largest absolute Gasteiger partial charge is 0.0649 e. The maximum atomic E-state index is 2.48. The third-order valence-electron chi connectivity index (χ3n) is 13.8. The van der Waals surface area contributed by atoms with Crippen LogP contribution in [-0.2, 0) is 0 Å². The van der Waals surface area contributed by atoms with Gasteiger partial charge in [-0.15, -0.1) is 0 Å². The minimum atomic E-state index is 0.654. The highest BCUT2D eigenvalue weighted by Crippen LogP contribution is 2.61. The van der Waals surface area contributed by atoms with Gasteiger partial charge in [-0.3, -0.25) is 0 Å². The van der Waals surface area contributed by atoms with E-state index in [1.165, 1.54) is 57.8 Å². The van der Waals surface area contributed by atoms with E-state index in [1.807, 2.05) is 0 Å². The van der Waals surface area contributed by atoms with Gasteiger partial charge < -0.3 is 0 Å². The van der Waals surface area contributed by atoms with Crippen LogP contribution in [0.5, 0.6) is 0 Å². The standard InChI is InChI=1S/C12H20.C11H20.C10H18/c1-2-12-6-9-3-10(7-12)5-11(4-9)8-12;1-8-9-4-6-10(7-5-9)11(8,2)3;1-7-8(2)10-5-3-9(7)4-6-10/h9-11H,2-8H2,1H3;8-10H,4-7H2,1-3H3;7-10H,3-6H2,1-2H3/t;8-,9?,10?;7-,8?,9?,10?/m.10/s1. The zero-order valence-electron chi connectivity index (χ0n) is 23.4. The fourth-order valence-electron chi connectivity index (χ4n) is 11.1. The SMILES string of the molecule is CC1C2CCC(CC2)[C@H]1C.CCC12CC3CC(CC(C3)C1)C2.C[C@@H]1C2CCC(CC2)C1(C)C. The molecule has 0 saturated heterocycles. The molecule has 10 aliphatic carbocycles. The lowest BCUT2D eigenvalue weighted by molar-refractivity contribution is -0.0545. The van der Waals surface area contributed by atoms with Gasteiger partial charge in [0.1, 0.15) is 0 Å². The Balaban J connectivity index is 0.000000104. The first-order valence-corrected chi connectivity index (χ1v) is 15.7. The molecular formula is C33H58. The molecule has 10 rings (SSSR count). The molecule has 10 saturated carbocycles. The van der Waals surface area contributed by atoms with Crippen LogP contribution >= 0.6 is 0 Å². The van der Waals surface area contributed by atoms with Gasteiger partial charge in [-0.2, -0.15) is 0 Å². The number of rotatable bonds is 1. The lowest BCUT2D eigenvalue weighted by Gasteiger charge is -2.56. The molecule has 0 spiro atoms. The highest BCUT2D eigenvalue weighted by molar-refractivity contribution is 5.00. The Morgan fingerprint density at radius 3 is 1.24 bits per heavy atom. The molecule has 3 atom stereocenters. The van der Waals surface area contributed by atoms with Gasteiger partial charge in [-0.05, 0) is 160 Å². The minimum Gasteiger partial charge on any atom is -0.0649 e. The summed E-state index contributed by atoms with van der Waals surface area (Å²) in [5, 5.41) is 0. The molecule has 0 aliphatic heterocycles. The summed E-state index contributed by atoms with van der Waals surface area (Å²) in [5.41, 5.74) is 1.50. The van der Waals surface area contributed by atoms with Crippen molar-refractivity contribution in [2.24, 2.45) is 70.0 Å². The zero-order chi connectivity index (χ0) is 23.4. The Labute approximate surface area is 207 Å². The molecule has 8 bridgehead atoms. The molecule has 0 nitrogen and oxygen atoms in total. The third kappa shape index (κ3) is 4.73. The van der Waals surface area contributed by atoms with Crippen molar-refractivity contribution in [3.05, 3.63) is 0 Å². The second kappa shape index (κ2) is 9.47. The molecule has 0 radical (unpaired) electrons. The fraction of sp³-hybridized carbons (Fsp3) is 1.00. The summed E-state index contributed by atoms with van der Waals surface area (Å²) in [6.07, 6.45) is 23.3. The Bertz CT molecular complexity index is 582. The smallest absolute Gasteiger partial charge is 0.0292 e. The predicted octanol–water partition coefficient (Wildman–Crippen LogP) is 10.2. The van der Waals surface area contributed by atoms with E-state index in [9.17, 15) is 0 Å². The minimum absolute atomic E-state index is 0.654. The van der Waals surface area contributed by atoms with Gasteiger partial charge >= 0.3 is 0 Å². The molecule has 0 heterocycles. The summed E-state index contributed by atoms with van der Waals surface area (Å²) < 4.78 is 0. The molecular weight excluding hydrogens is 396 g/mol. The predicted molar refractivity (Wildman–Crippen MR) is 143 cm³/mol. The molecule has 0 heteroatoms. The summed E-state index contributed by atoms with van der Waals surface area (Å²) in [4.78, 5) is 0. The van der Waals surface area contributed by atoms with Crippen molar-refractivity contribution in [1.82, 2.24) is 0 Å². The normalized spacial score (nSPS) is 52.5. The van der Waals surface area contributed by atoms with E-state index in [0.717, 1.165) is 64.6 Å². The van der Waals surface area contributed by atoms with Crippen LogP contribution in [0.25, 0.3) is 0 Å². The topological polar surface area (TPSA) is 0 Å². The van der Waals surface area contributed by atoms with Crippen LogP contribution in [0.4, 0.5) is 0 Å². The van der Waals surface area contributed by atoms with Gasteiger partial charge in [0.25, 0.3) is 0 Å². The van der Waals surface area contributed by atoms with Crippen molar-refractivity contribution in [2.45, 2.75) is 138 Å². The zero-order valence-corrected chi connectivity index (χ0v) is 23.4. The van der Waals surface area contributed by atoms with Crippen LogP contribution in [0.2, 0.25) is 0 Å². The fourth-order valence-corrected chi connectivity index (χ4v) is 11.1. The second-order valence-corrected chi connectivity index (χ2v) is 15.4. The lowest BCUT2D eigenvalue weighted by atomic mass is 9.49. The Hall–Kier alpha value is 0. The molecule has 0 N–H and O–H groups in total. The van der Waals surface area contributed by atoms with E-state index in [0.29, 0.717) is 5.41 Å². The number of hydrogen-bond acceptors (Lipinski definition) is 0. The number of hydrogen-bond donors (Lipinski definition) is 0. The van der Waals surface area contributed by atoms with Gasteiger partial charge in [-0.1, -0.05) is 48.0 Å². The maximum absolute atomic E-state index is 2.48. The van der Waals surface area contributed by atoms with E-state index in [-0.39, 0.29) is 0 Å². The lowest BCUT2D eigenvalue weighted by Crippen LogP contribution is -2.45. The van der Waals surface area contributed by atoms with Crippen molar-refractivity contribution in [1.29, 1.82) is 0 Å². The van der Waals surface area contributed by atoms with E-state index in [4.69, 9.17) is 0 Å². The van der Waals surface area contributed by atoms with Crippen molar-refractivity contribution in [3.63, 3.8) is 0 Å². The highest BCUT2D eigenvalue weighted by atomic mass is 14.5. The van der Waals surface area contributed by atoms with Crippen LogP contribution in [0.1, 0.15) is 138 Å². The second-order valence-electron chi connectivity index (χ2n) is 15.4. The first-order valence-electron chi connectivity index (χ1n) is 15.7. The van der Waals surface area contributed by atoms with E-state index < -0.39 is 0 Å². The average Bonchev–Trinajstić information content (AvgIpc) is 2.81. The van der Waals surface area contributed by atoms with Gasteiger partial charge in [0.05, 0.1) is 0 Å². The summed E-state index contributed by atoms with van der Waals surface area (Å²) in [5.74, 6) is 10.8. The van der Waals surface area contributed by atoms with Crippen molar-refractivity contribution < 1.29 is 0 Å². The van der Waals surface area contributed by atoms with Gasteiger partial charge in [0, 0.05) is 0 Å². The Kier molecular flexibility index (Phi) is 7.08. The monoisotopic (exact) mass is 454 g/mol. The molecule has 1 unspecified atom stereocenters. The molecule has 0 aromatic heterocycles. The van der Waals surface area contributed by atoms with Crippen molar-refractivity contribution >= 4 is 0 Å². The summed E-state index contributed by atoms with van der Waals surface area (Å²) in [7, 11) is 0. The molecule has 0 aromatic carbocycles. The van der Waals surface area contributed by atoms with Crippen LogP contribution < -0.4 is 0 Å². The molecule has 0 aromatic rings. The van der Waals surface area contributed by atoms with Gasteiger partial charge in [-0.25, -0.2) is 0 Å². The maximum Gasteiger partial charge on any atom is -0.0292 e. The van der Waals surface area contributed by atoms with Crippen LogP contribution in [0.15, 0.2) is 0 Å². The van der Waals surface area contributed by atoms with E-state index in [1.54, 1.807) is 38.5 Å². The summed E-state index contributed by atoms with van der Waals surface area (Å²) in [6.45, 7) is 14.8. The van der Waals surface area contributed by atoms with Crippen molar-refractivity contribution in [2.75, 3.05) is 0 Å². The molecule has 33 heavy (non-hydrogen) atoms. The average molecular weight is 455 g/mol. The number of fused-ring (bicyclic) bond motifs is 6. The third-order valence-corrected chi connectivity index (χ3v) is 13.8. The van der Waals surface area contributed by atoms with Crippen LogP contribution in [-0.4, -0.2) is 0 Å². The quantitative estimate of drug-likeness (QED) is 0.369. The first-order chi connectivity index (χ1) is 15.7. The first kappa shape index (κ1) is 24.7. The Morgan fingerprint density at radius 2 is 0.970 bits per heavy atom. The Morgan fingerprint density at radius 1 is 0.576 bits per heavy atom. The van der Waals surface area contributed by atoms with Gasteiger partial charge in [0.2, 0.25) is 0 Å². The summed E-state index contributed by atoms with van der Waals surface area (Å²) >= 11 is 0.